The zero-order valence-corrected chi connectivity index (χ0v) is 20.4. The summed E-state index contributed by atoms with van der Waals surface area (Å²) < 4.78 is 5.98. The molecule has 1 amide bonds. The number of carbonyl (C=O) groups is 2. The number of carboxylic acid groups (broad SMARTS) is 1. The second kappa shape index (κ2) is 10.3. The monoisotopic (exact) mass is 472 g/mol. The lowest BCUT2D eigenvalue weighted by Gasteiger charge is -2.27. The predicted octanol–water partition coefficient (Wildman–Crippen LogP) is 4.56. The largest absolute Gasteiger partial charge is 0.489 e. The van der Waals surface area contributed by atoms with Crippen LogP contribution in [0, 0.1) is 0 Å². The first-order valence-electron chi connectivity index (χ1n) is 11.9. The van der Waals surface area contributed by atoms with Gasteiger partial charge in [-0.3, -0.25) is 14.9 Å². The van der Waals surface area contributed by atoms with Crippen LogP contribution in [0.3, 0.4) is 0 Å². The number of carbonyl (C=O) groups excluding carboxylic acids is 1. The second-order valence-corrected chi connectivity index (χ2v) is 9.95. The Morgan fingerprint density at radius 2 is 1.66 bits per heavy atom. The van der Waals surface area contributed by atoms with Gasteiger partial charge in [0.15, 0.2) is 0 Å². The zero-order chi connectivity index (χ0) is 25.0. The Labute approximate surface area is 206 Å². The van der Waals surface area contributed by atoms with Gasteiger partial charge in [-0.2, -0.15) is 0 Å². The first kappa shape index (κ1) is 24.5. The van der Waals surface area contributed by atoms with Gasteiger partial charge in [-0.25, -0.2) is 0 Å². The van der Waals surface area contributed by atoms with E-state index < -0.39 is 18.1 Å². The molecule has 0 spiro atoms. The first-order valence-corrected chi connectivity index (χ1v) is 11.9. The molecule has 2 atom stereocenters. The molecule has 4 rings (SSSR count). The number of hydrogen-bond acceptors (Lipinski definition) is 4. The Morgan fingerprint density at radius 1 is 1.00 bits per heavy atom. The van der Waals surface area contributed by atoms with Crippen molar-refractivity contribution in [3.8, 4) is 5.75 Å². The van der Waals surface area contributed by atoms with Crippen LogP contribution in [0.1, 0.15) is 37.5 Å². The number of aliphatic carboxylic acids is 1. The van der Waals surface area contributed by atoms with Gasteiger partial charge in [0, 0.05) is 0 Å². The molecule has 3 aromatic carbocycles. The third kappa shape index (κ3) is 5.89. The number of nitrogens with one attached hydrogen (secondary N) is 1. The summed E-state index contributed by atoms with van der Waals surface area (Å²) in [6, 6.07) is 23.4. The number of para-hydroxylation sites is 2. The molecule has 6 nitrogen and oxygen atoms in total. The molecule has 1 aliphatic rings. The van der Waals surface area contributed by atoms with E-state index in [0.717, 1.165) is 11.1 Å². The van der Waals surface area contributed by atoms with Crippen LogP contribution in [0.25, 0.3) is 0 Å². The lowest BCUT2D eigenvalue weighted by Crippen LogP contribution is -2.54. The fourth-order valence-electron chi connectivity index (χ4n) is 4.24. The summed E-state index contributed by atoms with van der Waals surface area (Å²) >= 11 is 0. The molecule has 0 bridgehead atoms. The van der Waals surface area contributed by atoms with Crippen molar-refractivity contribution in [1.29, 1.82) is 0 Å². The number of nitrogens with zero attached hydrogens (tertiary/aromatic N) is 1. The summed E-state index contributed by atoms with van der Waals surface area (Å²) in [4.78, 5) is 27.5. The third-order valence-corrected chi connectivity index (χ3v) is 6.27. The minimum atomic E-state index is -1.01. The second-order valence-electron chi connectivity index (χ2n) is 9.95. The van der Waals surface area contributed by atoms with E-state index in [1.807, 2.05) is 66.7 Å². The summed E-state index contributed by atoms with van der Waals surface area (Å²) in [5, 5.41) is 12.9. The van der Waals surface area contributed by atoms with Gasteiger partial charge in [0.25, 0.3) is 0 Å². The SMILES string of the molecule is CC(C)(C)c1ccc(CN2C(=O)C(N[C@@H](Cc3ccccc3)C(=O)O)COc3ccccc32)cc1. The van der Waals surface area contributed by atoms with Crippen molar-refractivity contribution in [3.63, 3.8) is 0 Å². The summed E-state index contributed by atoms with van der Waals surface area (Å²) in [6.45, 7) is 6.90. The van der Waals surface area contributed by atoms with Crippen LogP contribution in [0.15, 0.2) is 78.9 Å². The first-order chi connectivity index (χ1) is 16.7. The van der Waals surface area contributed by atoms with Crippen molar-refractivity contribution in [2.45, 2.75) is 51.2 Å². The van der Waals surface area contributed by atoms with E-state index in [4.69, 9.17) is 4.74 Å². The number of fused-ring (bicyclic) bond motifs is 1. The lowest BCUT2D eigenvalue weighted by molar-refractivity contribution is -0.140. The van der Waals surface area contributed by atoms with Crippen LogP contribution in [-0.2, 0) is 28.0 Å². The lowest BCUT2D eigenvalue weighted by atomic mass is 9.87. The quantitative estimate of drug-likeness (QED) is 0.527. The minimum Gasteiger partial charge on any atom is -0.489 e. The maximum Gasteiger partial charge on any atom is 0.321 e. The Hall–Kier alpha value is -3.64. The maximum atomic E-state index is 13.7. The Morgan fingerprint density at radius 3 is 2.31 bits per heavy atom. The van der Waals surface area contributed by atoms with E-state index in [2.05, 4.69) is 38.2 Å². The van der Waals surface area contributed by atoms with E-state index in [-0.39, 0.29) is 24.3 Å². The highest BCUT2D eigenvalue weighted by Gasteiger charge is 2.34. The fraction of sp³-hybridized carbons (Fsp3) is 0.310. The fourth-order valence-corrected chi connectivity index (χ4v) is 4.24. The molecule has 0 aromatic heterocycles. The van der Waals surface area contributed by atoms with Gasteiger partial charge in [0.05, 0.1) is 12.2 Å². The highest BCUT2D eigenvalue weighted by molar-refractivity contribution is 5.99. The molecule has 0 saturated carbocycles. The summed E-state index contributed by atoms with van der Waals surface area (Å²) in [5.74, 6) is -0.617. The van der Waals surface area contributed by atoms with Crippen LogP contribution in [0.4, 0.5) is 5.69 Å². The van der Waals surface area contributed by atoms with E-state index in [1.165, 1.54) is 5.56 Å². The van der Waals surface area contributed by atoms with Gasteiger partial charge in [-0.05, 0) is 40.7 Å². The van der Waals surface area contributed by atoms with Gasteiger partial charge in [0.1, 0.15) is 24.4 Å². The van der Waals surface area contributed by atoms with Gasteiger partial charge in [0.2, 0.25) is 5.91 Å². The van der Waals surface area contributed by atoms with E-state index in [0.29, 0.717) is 18.0 Å². The number of anilines is 1. The summed E-state index contributed by atoms with van der Waals surface area (Å²) in [7, 11) is 0. The molecule has 1 heterocycles. The molecular weight excluding hydrogens is 440 g/mol. The van der Waals surface area contributed by atoms with Crippen molar-refractivity contribution < 1.29 is 19.4 Å². The Kier molecular flexibility index (Phi) is 7.22. The number of hydrogen-bond donors (Lipinski definition) is 2. The van der Waals surface area contributed by atoms with Crippen LogP contribution >= 0.6 is 0 Å². The molecule has 3 aromatic rings. The molecule has 1 aliphatic heterocycles. The number of rotatable bonds is 7. The molecule has 0 saturated heterocycles. The number of carboxylic acids is 1. The highest BCUT2D eigenvalue weighted by Crippen LogP contribution is 2.33. The average molecular weight is 473 g/mol. The van der Waals surface area contributed by atoms with Crippen molar-refractivity contribution >= 4 is 17.6 Å². The van der Waals surface area contributed by atoms with Crippen molar-refractivity contribution in [2.24, 2.45) is 0 Å². The van der Waals surface area contributed by atoms with Crippen LogP contribution in [0.5, 0.6) is 5.75 Å². The number of benzene rings is 3. The van der Waals surface area contributed by atoms with Crippen LogP contribution in [0.2, 0.25) is 0 Å². The van der Waals surface area contributed by atoms with Gasteiger partial charge in [-0.1, -0.05) is 87.5 Å². The van der Waals surface area contributed by atoms with Gasteiger partial charge in [-0.15, -0.1) is 0 Å². The van der Waals surface area contributed by atoms with E-state index in [9.17, 15) is 14.7 Å². The maximum absolute atomic E-state index is 13.7. The molecule has 2 N–H and O–H groups in total. The molecule has 0 fully saturated rings. The van der Waals surface area contributed by atoms with E-state index in [1.54, 1.807) is 4.90 Å². The molecule has 0 radical (unpaired) electrons. The molecular formula is C29H32N2O4. The summed E-state index contributed by atoms with van der Waals surface area (Å²) in [6.07, 6.45) is 0.265. The van der Waals surface area contributed by atoms with Gasteiger partial charge < -0.3 is 14.7 Å². The molecule has 0 aliphatic carbocycles. The van der Waals surface area contributed by atoms with E-state index >= 15 is 0 Å². The molecule has 35 heavy (non-hydrogen) atoms. The molecule has 182 valence electrons. The van der Waals surface area contributed by atoms with Crippen LogP contribution in [-0.4, -0.2) is 35.7 Å². The number of amides is 1. The van der Waals surface area contributed by atoms with Crippen molar-refractivity contribution in [3.05, 3.63) is 95.6 Å². The predicted molar refractivity (Wildman–Crippen MR) is 137 cm³/mol. The third-order valence-electron chi connectivity index (χ3n) is 6.27. The van der Waals surface area contributed by atoms with Crippen molar-refractivity contribution in [2.75, 3.05) is 11.5 Å². The molecule has 1 unspecified atom stereocenters. The van der Waals surface area contributed by atoms with Crippen molar-refractivity contribution in [1.82, 2.24) is 5.32 Å². The standard InChI is InChI=1S/C29H32N2O4/c1-29(2,3)22-15-13-21(14-16-22)18-31-25-11-7-8-12-26(25)35-19-24(27(31)32)30-23(28(33)34)17-20-9-5-4-6-10-20/h4-16,23-24,30H,17-19H2,1-3H3,(H,33,34)/t23-,24?/m0/s1. The number of ether oxygens (including phenoxy) is 1. The highest BCUT2D eigenvalue weighted by atomic mass is 16.5. The average Bonchev–Trinajstić information content (AvgIpc) is 2.96. The zero-order valence-electron chi connectivity index (χ0n) is 20.4. The topological polar surface area (TPSA) is 78.9 Å². The van der Waals surface area contributed by atoms with Crippen LogP contribution < -0.4 is 15.0 Å². The molecule has 6 heteroatoms. The normalized spacial score (nSPS) is 16.7. The Balaban J connectivity index is 1.59. The summed E-state index contributed by atoms with van der Waals surface area (Å²) in [5.41, 5.74) is 3.81. The smallest absolute Gasteiger partial charge is 0.321 e. The van der Waals surface area contributed by atoms with Gasteiger partial charge >= 0.3 is 5.97 Å². The Bertz CT molecular complexity index is 1170. The minimum absolute atomic E-state index is 0.0387.